The van der Waals surface area contributed by atoms with Crippen LogP contribution in [0.1, 0.15) is 31.4 Å². The highest BCUT2D eigenvalue weighted by Crippen LogP contribution is 2.46. The van der Waals surface area contributed by atoms with Crippen molar-refractivity contribution in [3.05, 3.63) is 81.4 Å². The summed E-state index contributed by atoms with van der Waals surface area (Å²) in [5, 5.41) is 13.8. The fourth-order valence-electron chi connectivity index (χ4n) is 4.01. The van der Waals surface area contributed by atoms with E-state index >= 15 is 0 Å². The summed E-state index contributed by atoms with van der Waals surface area (Å²) < 4.78 is 18.3. The van der Waals surface area contributed by atoms with Crippen molar-refractivity contribution in [2.45, 2.75) is 26.1 Å². The molecule has 3 aromatic carbocycles. The fourth-order valence-corrected chi connectivity index (χ4v) is 4.01. The molecular formula is C25H21NO5. The van der Waals surface area contributed by atoms with E-state index in [0.29, 0.717) is 17.9 Å². The molecule has 0 N–H and O–H groups in total. The SMILES string of the molecule is CCCOc1cc2c(cc1[N+](=O)[O-])C=C(C)[C@]1(C=Cc3c(ccc4ccccc34)O1)O2. The Balaban J connectivity index is 1.57. The van der Waals surface area contributed by atoms with E-state index in [9.17, 15) is 10.1 Å². The van der Waals surface area contributed by atoms with E-state index in [-0.39, 0.29) is 11.4 Å². The van der Waals surface area contributed by atoms with E-state index in [1.807, 2.05) is 56.3 Å². The first-order chi connectivity index (χ1) is 15.0. The fraction of sp³-hybridized carbons (Fsp3) is 0.200. The summed E-state index contributed by atoms with van der Waals surface area (Å²) in [7, 11) is 0. The van der Waals surface area contributed by atoms with Crippen LogP contribution in [0, 0.1) is 10.1 Å². The second-order valence-electron chi connectivity index (χ2n) is 7.69. The van der Waals surface area contributed by atoms with Gasteiger partial charge < -0.3 is 14.2 Å². The Labute approximate surface area is 179 Å². The maximum Gasteiger partial charge on any atom is 0.311 e. The molecule has 1 spiro atoms. The zero-order chi connectivity index (χ0) is 21.6. The van der Waals surface area contributed by atoms with Crippen molar-refractivity contribution >= 4 is 28.6 Å². The van der Waals surface area contributed by atoms with Gasteiger partial charge in [0.1, 0.15) is 11.5 Å². The van der Waals surface area contributed by atoms with Crippen molar-refractivity contribution in [2.75, 3.05) is 6.61 Å². The molecule has 2 aliphatic heterocycles. The number of nitrogens with zero attached hydrogens (tertiary/aromatic N) is 1. The molecule has 1 atom stereocenters. The lowest BCUT2D eigenvalue weighted by Crippen LogP contribution is -2.44. The highest BCUT2D eigenvalue weighted by molar-refractivity contribution is 5.94. The average Bonchev–Trinajstić information content (AvgIpc) is 2.77. The minimum absolute atomic E-state index is 0.0762. The topological polar surface area (TPSA) is 70.8 Å². The van der Waals surface area contributed by atoms with Gasteiger partial charge in [-0.3, -0.25) is 10.1 Å². The maximum atomic E-state index is 11.5. The van der Waals surface area contributed by atoms with Gasteiger partial charge in [-0.25, -0.2) is 0 Å². The third-order valence-corrected chi connectivity index (χ3v) is 5.59. The van der Waals surface area contributed by atoms with Gasteiger partial charge in [0.25, 0.3) is 5.79 Å². The summed E-state index contributed by atoms with van der Waals surface area (Å²) in [6.45, 7) is 4.23. The molecule has 6 heteroatoms. The minimum Gasteiger partial charge on any atom is -0.487 e. The molecule has 0 bridgehead atoms. The summed E-state index contributed by atoms with van der Waals surface area (Å²) in [6.07, 6.45) is 6.52. The van der Waals surface area contributed by atoms with Crippen LogP contribution in [0.3, 0.4) is 0 Å². The molecule has 0 saturated carbocycles. The molecule has 0 saturated heterocycles. The summed E-state index contributed by atoms with van der Waals surface area (Å²) in [5.41, 5.74) is 2.35. The Morgan fingerprint density at radius 2 is 1.90 bits per heavy atom. The monoisotopic (exact) mass is 415 g/mol. The molecule has 5 rings (SSSR count). The van der Waals surface area contributed by atoms with E-state index in [1.54, 1.807) is 6.07 Å². The quantitative estimate of drug-likeness (QED) is 0.378. The van der Waals surface area contributed by atoms with Crippen LogP contribution in [-0.4, -0.2) is 17.3 Å². The highest BCUT2D eigenvalue weighted by Gasteiger charge is 2.41. The van der Waals surface area contributed by atoms with Crippen molar-refractivity contribution in [1.82, 2.24) is 0 Å². The number of hydrogen-bond acceptors (Lipinski definition) is 5. The summed E-state index contributed by atoms with van der Waals surface area (Å²) >= 11 is 0. The van der Waals surface area contributed by atoms with E-state index in [2.05, 4.69) is 12.1 Å². The Kier molecular flexibility index (Phi) is 4.43. The molecule has 0 radical (unpaired) electrons. The van der Waals surface area contributed by atoms with E-state index in [0.717, 1.165) is 34.1 Å². The van der Waals surface area contributed by atoms with Crippen molar-refractivity contribution in [3.63, 3.8) is 0 Å². The summed E-state index contributed by atoms with van der Waals surface area (Å²) in [6, 6.07) is 15.2. The Morgan fingerprint density at radius 3 is 2.71 bits per heavy atom. The highest BCUT2D eigenvalue weighted by atomic mass is 16.7. The lowest BCUT2D eigenvalue weighted by atomic mass is 9.94. The Morgan fingerprint density at radius 1 is 1.10 bits per heavy atom. The van der Waals surface area contributed by atoms with Gasteiger partial charge in [0.2, 0.25) is 5.75 Å². The first-order valence-corrected chi connectivity index (χ1v) is 10.2. The first-order valence-electron chi connectivity index (χ1n) is 10.2. The van der Waals surface area contributed by atoms with Gasteiger partial charge in [-0.1, -0.05) is 37.3 Å². The van der Waals surface area contributed by atoms with Crippen LogP contribution in [0.5, 0.6) is 17.2 Å². The number of rotatable bonds is 4. The van der Waals surface area contributed by atoms with Gasteiger partial charge in [0.05, 0.1) is 11.5 Å². The molecule has 31 heavy (non-hydrogen) atoms. The predicted molar refractivity (Wildman–Crippen MR) is 120 cm³/mol. The lowest BCUT2D eigenvalue weighted by molar-refractivity contribution is -0.385. The third-order valence-electron chi connectivity index (χ3n) is 5.59. The van der Waals surface area contributed by atoms with E-state index < -0.39 is 10.7 Å². The number of nitro groups is 1. The van der Waals surface area contributed by atoms with Gasteiger partial charge in [0, 0.05) is 34.9 Å². The molecule has 0 aromatic heterocycles. The minimum atomic E-state index is -1.11. The van der Waals surface area contributed by atoms with Crippen LogP contribution >= 0.6 is 0 Å². The maximum absolute atomic E-state index is 11.5. The van der Waals surface area contributed by atoms with E-state index in [4.69, 9.17) is 14.2 Å². The van der Waals surface area contributed by atoms with Crippen LogP contribution in [0.2, 0.25) is 0 Å². The molecular weight excluding hydrogens is 394 g/mol. The van der Waals surface area contributed by atoms with Crippen LogP contribution in [-0.2, 0) is 0 Å². The molecule has 0 aliphatic carbocycles. The predicted octanol–water partition coefficient (Wildman–Crippen LogP) is 6.13. The van der Waals surface area contributed by atoms with Crippen LogP contribution in [0.25, 0.3) is 22.9 Å². The number of benzene rings is 3. The normalized spacial score (nSPS) is 18.6. The van der Waals surface area contributed by atoms with Crippen molar-refractivity contribution in [3.8, 4) is 17.2 Å². The Bertz CT molecular complexity index is 1280. The van der Waals surface area contributed by atoms with Gasteiger partial charge in [-0.15, -0.1) is 0 Å². The third kappa shape index (κ3) is 3.11. The molecule has 3 aromatic rings. The smallest absolute Gasteiger partial charge is 0.311 e. The largest absolute Gasteiger partial charge is 0.487 e. The summed E-state index contributed by atoms with van der Waals surface area (Å²) in [4.78, 5) is 11.1. The number of hydrogen-bond donors (Lipinski definition) is 0. The molecule has 0 fully saturated rings. The standard InChI is InChI=1S/C25H21NO5/c1-3-12-29-24-15-23-18(14-21(24)26(27)28)13-16(2)25(31-23)11-10-20-19-7-5-4-6-17(19)8-9-22(20)30-25/h4-11,13-15H,3,12H2,1-2H3/t25-/m0/s1. The molecule has 0 unspecified atom stereocenters. The van der Waals surface area contributed by atoms with Crippen molar-refractivity contribution in [1.29, 1.82) is 0 Å². The van der Waals surface area contributed by atoms with Gasteiger partial charge >= 0.3 is 5.69 Å². The van der Waals surface area contributed by atoms with Crippen molar-refractivity contribution in [2.24, 2.45) is 0 Å². The molecule has 0 amide bonds. The van der Waals surface area contributed by atoms with Crippen LogP contribution in [0.15, 0.2) is 60.2 Å². The van der Waals surface area contributed by atoms with Gasteiger partial charge in [0.15, 0.2) is 0 Å². The van der Waals surface area contributed by atoms with Crippen LogP contribution in [0.4, 0.5) is 5.69 Å². The average molecular weight is 415 g/mol. The summed E-state index contributed by atoms with van der Waals surface area (Å²) in [5.74, 6) is 0.290. The van der Waals surface area contributed by atoms with Gasteiger partial charge in [-0.05, 0) is 42.3 Å². The van der Waals surface area contributed by atoms with Crippen molar-refractivity contribution < 1.29 is 19.1 Å². The second kappa shape index (κ2) is 7.16. The molecule has 2 aliphatic rings. The van der Waals surface area contributed by atoms with Gasteiger partial charge in [-0.2, -0.15) is 0 Å². The zero-order valence-corrected chi connectivity index (χ0v) is 17.3. The lowest BCUT2D eigenvalue weighted by Gasteiger charge is -2.38. The second-order valence-corrected chi connectivity index (χ2v) is 7.69. The number of ether oxygens (including phenoxy) is 3. The number of fused-ring (bicyclic) bond motifs is 4. The molecule has 6 nitrogen and oxygen atoms in total. The number of nitro benzene ring substituents is 1. The zero-order valence-electron chi connectivity index (χ0n) is 17.3. The molecule has 156 valence electrons. The van der Waals surface area contributed by atoms with E-state index in [1.165, 1.54) is 6.07 Å². The first kappa shape index (κ1) is 19.2. The molecule has 2 heterocycles. The Hall–Kier alpha value is -3.80. The van der Waals surface area contributed by atoms with Crippen LogP contribution < -0.4 is 14.2 Å².